The summed E-state index contributed by atoms with van der Waals surface area (Å²) in [4.78, 5) is 15.8. The molecule has 0 aliphatic carbocycles. The van der Waals surface area contributed by atoms with Gasteiger partial charge in [-0.3, -0.25) is 14.4 Å². The Bertz CT molecular complexity index is 973. The van der Waals surface area contributed by atoms with Crippen LogP contribution in [0.3, 0.4) is 0 Å². The summed E-state index contributed by atoms with van der Waals surface area (Å²) in [6.45, 7) is 3.76. The van der Waals surface area contributed by atoms with E-state index in [0.29, 0.717) is 22.5 Å². The highest BCUT2D eigenvalue weighted by atomic mass is 35.5. The lowest BCUT2D eigenvalue weighted by molar-refractivity contribution is -0.122. The maximum absolute atomic E-state index is 12.3. The van der Waals surface area contributed by atoms with Crippen molar-refractivity contribution in [2.45, 2.75) is 19.5 Å². The molecule has 0 saturated carbocycles. The average molecular weight is 449 g/mol. The molecule has 152 valence electrons. The van der Waals surface area contributed by atoms with E-state index in [1.807, 2.05) is 35.8 Å². The number of carbonyl (C=O) groups excluding carboxylic acids is 1. The van der Waals surface area contributed by atoms with Crippen molar-refractivity contribution in [2.24, 2.45) is 5.92 Å². The zero-order valence-corrected chi connectivity index (χ0v) is 18.2. The van der Waals surface area contributed by atoms with E-state index in [9.17, 15) is 4.79 Å². The van der Waals surface area contributed by atoms with Crippen molar-refractivity contribution in [1.29, 1.82) is 0 Å². The van der Waals surface area contributed by atoms with Crippen LogP contribution in [0.25, 0.3) is 10.4 Å². The second-order valence-corrected chi connectivity index (χ2v) is 9.11. The number of nitrogens with zero attached hydrogens (tertiary/aromatic N) is 3. The van der Waals surface area contributed by atoms with Gasteiger partial charge in [-0.25, -0.2) is 0 Å². The van der Waals surface area contributed by atoms with Crippen molar-refractivity contribution < 1.29 is 4.79 Å². The third-order valence-corrected chi connectivity index (χ3v) is 6.75. The monoisotopic (exact) mass is 448 g/mol. The predicted octanol–water partition coefficient (Wildman–Crippen LogP) is 4.56. The van der Waals surface area contributed by atoms with E-state index >= 15 is 0 Å². The number of amides is 1. The Morgan fingerprint density at radius 2 is 2.17 bits per heavy atom. The molecule has 0 spiro atoms. The fourth-order valence-corrected chi connectivity index (χ4v) is 4.62. The summed E-state index contributed by atoms with van der Waals surface area (Å²) in [5, 5.41) is 10.6. The zero-order chi connectivity index (χ0) is 20.2. The normalized spacial score (nSPS) is 17.0. The molecule has 1 fully saturated rings. The number of halogens is 2. The van der Waals surface area contributed by atoms with Gasteiger partial charge in [0.05, 0.1) is 16.2 Å². The molecule has 1 saturated heterocycles. The second-order valence-electron chi connectivity index (χ2n) is 7.35. The van der Waals surface area contributed by atoms with E-state index < -0.39 is 0 Å². The van der Waals surface area contributed by atoms with Gasteiger partial charge >= 0.3 is 0 Å². The summed E-state index contributed by atoms with van der Waals surface area (Å²) >= 11 is 13.8. The van der Waals surface area contributed by atoms with Crippen LogP contribution in [0.15, 0.2) is 48.1 Å². The average Bonchev–Trinajstić information content (AvgIpc) is 3.44. The molecule has 1 amide bonds. The molecule has 5 nitrogen and oxygen atoms in total. The molecule has 1 aliphatic rings. The lowest BCUT2D eigenvalue weighted by Crippen LogP contribution is -2.33. The van der Waals surface area contributed by atoms with Gasteiger partial charge in [0.1, 0.15) is 6.54 Å². The smallest absolute Gasteiger partial charge is 0.241 e. The molecule has 4 rings (SSSR count). The van der Waals surface area contributed by atoms with Crippen LogP contribution in [0, 0.1) is 5.92 Å². The molecule has 2 aromatic heterocycles. The van der Waals surface area contributed by atoms with Gasteiger partial charge in [-0.1, -0.05) is 35.3 Å². The minimum Gasteiger partial charge on any atom is -0.354 e. The van der Waals surface area contributed by atoms with Crippen molar-refractivity contribution in [3.05, 3.63) is 63.7 Å². The number of rotatable bonds is 7. The number of carbonyl (C=O) groups is 1. The molecule has 29 heavy (non-hydrogen) atoms. The Morgan fingerprint density at radius 1 is 1.28 bits per heavy atom. The van der Waals surface area contributed by atoms with Crippen LogP contribution in [-0.2, 0) is 17.9 Å². The summed E-state index contributed by atoms with van der Waals surface area (Å²) < 4.78 is 1.69. The van der Waals surface area contributed by atoms with Gasteiger partial charge in [-0.15, -0.1) is 11.3 Å². The zero-order valence-electron chi connectivity index (χ0n) is 15.9. The molecule has 1 N–H and O–H groups in total. The molecule has 1 aromatic carbocycles. The second kappa shape index (κ2) is 9.30. The fourth-order valence-electron chi connectivity index (χ4n) is 3.60. The van der Waals surface area contributed by atoms with Gasteiger partial charge < -0.3 is 5.32 Å². The number of aromatic nitrogens is 2. The first-order chi connectivity index (χ1) is 14.1. The highest BCUT2D eigenvalue weighted by Gasteiger charge is 2.23. The number of benzene rings is 1. The van der Waals surface area contributed by atoms with Crippen LogP contribution in [0.2, 0.25) is 10.0 Å². The molecule has 3 heterocycles. The van der Waals surface area contributed by atoms with Gasteiger partial charge in [0.15, 0.2) is 0 Å². The third kappa shape index (κ3) is 5.39. The van der Waals surface area contributed by atoms with Crippen LogP contribution in [0.1, 0.15) is 12.0 Å². The van der Waals surface area contributed by atoms with Gasteiger partial charge in [0, 0.05) is 36.3 Å². The summed E-state index contributed by atoms with van der Waals surface area (Å²) in [7, 11) is 0. The van der Waals surface area contributed by atoms with Crippen LogP contribution in [0.5, 0.6) is 0 Å². The van der Waals surface area contributed by atoms with Crippen molar-refractivity contribution in [3.63, 3.8) is 0 Å². The van der Waals surface area contributed by atoms with E-state index in [0.717, 1.165) is 42.1 Å². The Labute approximate surface area is 184 Å². The van der Waals surface area contributed by atoms with E-state index in [1.165, 1.54) is 0 Å². The van der Waals surface area contributed by atoms with Crippen molar-refractivity contribution in [2.75, 3.05) is 19.6 Å². The summed E-state index contributed by atoms with van der Waals surface area (Å²) in [6, 6.07) is 9.84. The number of hydrogen-bond acceptors (Lipinski definition) is 4. The molecule has 3 aromatic rings. The third-order valence-electron chi connectivity index (χ3n) is 5.09. The van der Waals surface area contributed by atoms with Crippen molar-refractivity contribution in [3.8, 4) is 10.4 Å². The first kappa shape index (κ1) is 20.4. The van der Waals surface area contributed by atoms with E-state index in [1.54, 1.807) is 22.2 Å². The molecule has 1 unspecified atom stereocenters. The molecule has 0 bridgehead atoms. The molecule has 8 heteroatoms. The standard InChI is InChI=1S/C21H22Cl2N4OS/c22-18-4-3-15(8-19(18)23)11-26-6-5-16(12-26)9-24-21(28)14-27-13-17(10-25-27)20-2-1-7-29-20/h1-4,7-8,10,13,16H,5-6,9,11-12,14H2,(H,24,28). The first-order valence-corrected chi connectivity index (χ1v) is 11.2. The largest absolute Gasteiger partial charge is 0.354 e. The summed E-state index contributed by atoms with van der Waals surface area (Å²) in [5.74, 6) is 0.454. The lowest BCUT2D eigenvalue weighted by Gasteiger charge is -2.17. The maximum Gasteiger partial charge on any atom is 0.241 e. The van der Waals surface area contributed by atoms with Crippen molar-refractivity contribution in [1.82, 2.24) is 20.0 Å². The topological polar surface area (TPSA) is 50.2 Å². The van der Waals surface area contributed by atoms with Crippen LogP contribution < -0.4 is 5.32 Å². The van der Waals surface area contributed by atoms with E-state index in [2.05, 4.69) is 21.4 Å². The molecule has 0 radical (unpaired) electrons. The lowest BCUT2D eigenvalue weighted by atomic mass is 10.1. The summed E-state index contributed by atoms with van der Waals surface area (Å²) in [6.07, 6.45) is 4.79. The maximum atomic E-state index is 12.3. The van der Waals surface area contributed by atoms with Crippen LogP contribution in [0.4, 0.5) is 0 Å². The fraction of sp³-hybridized carbons (Fsp3) is 0.333. The first-order valence-electron chi connectivity index (χ1n) is 9.56. The van der Waals surface area contributed by atoms with Crippen LogP contribution in [-0.4, -0.2) is 40.2 Å². The number of nitrogens with one attached hydrogen (secondary N) is 1. The molecule has 1 atom stereocenters. The Morgan fingerprint density at radius 3 is 2.97 bits per heavy atom. The van der Waals surface area contributed by atoms with Gasteiger partial charge in [-0.05, 0) is 48.0 Å². The minimum atomic E-state index is -0.00578. The number of hydrogen-bond donors (Lipinski definition) is 1. The Hall–Kier alpha value is -1.86. The number of likely N-dealkylation sites (tertiary alicyclic amines) is 1. The van der Waals surface area contributed by atoms with Gasteiger partial charge in [0.2, 0.25) is 5.91 Å². The Kier molecular flexibility index (Phi) is 6.55. The van der Waals surface area contributed by atoms with E-state index in [-0.39, 0.29) is 12.5 Å². The molecule has 1 aliphatic heterocycles. The highest BCUT2D eigenvalue weighted by molar-refractivity contribution is 7.13. The molecular formula is C21H22Cl2N4OS. The number of thiophene rings is 1. The van der Waals surface area contributed by atoms with E-state index in [4.69, 9.17) is 23.2 Å². The summed E-state index contributed by atoms with van der Waals surface area (Å²) in [5.41, 5.74) is 2.20. The molecular weight excluding hydrogens is 427 g/mol. The SMILES string of the molecule is O=C(Cn1cc(-c2cccs2)cn1)NCC1CCN(Cc2ccc(Cl)c(Cl)c2)C1. The Balaban J connectivity index is 1.21. The highest BCUT2D eigenvalue weighted by Crippen LogP contribution is 2.25. The predicted molar refractivity (Wildman–Crippen MR) is 118 cm³/mol. The van der Waals surface area contributed by atoms with Crippen LogP contribution >= 0.6 is 34.5 Å². The minimum absolute atomic E-state index is 0.00578. The quantitative estimate of drug-likeness (QED) is 0.576. The van der Waals surface area contributed by atoms with Gasteiger partial charge in [-0.2, -0.15) is 5.10 Å². The van der Waals surface area contributed by atoms with Crippen molar-refractivity contribution >= 4 is 40.4 Å². The van der Waals surface area contributed by atoms with Gasteiger partial charge in [0.25, 0.3) is 0 Å².